The average Bonchev–Trinajstić information content (AvgIpc) is 2.90. The lowest BCUT2D eigenvalue weighted by Crippen LogP contribution is -2.11. The molecule has 0 radical (unpaired) electrons. The second-order valence-corrected chi connectivity index (χ2v) is 5.94. The molecule has 110 valence electrons. The number of thiazole rings is 1. The summed E-state index contributed by atoms with van der Waals surface area (Å²) >= 11 is 1.32. The summed E-state index contributed by atoms with van der Waals surface area (Å²) in [4.78, 5) is 17.4. The minimum atomic E-state index is -0.387. The number of halogens is 1. The van der Waals surface area contributed by atoms with Crippen molar-refractivity contribution in [3.8, 4) is 11.3 Å². The van der Waals surface area contributed by atoms with Crippen molar-refractivity contribution in [1.29, 1.82) is 0 Å². The van der Waals surface area contributed by atoms with Gasteiger partial charge in [-0.15, -0.1) is 11.3 Å². The molecule has 0 aliphatic rings. The van der Waals surface area contributed by atoms with Gasteiger partial charge in [-0.2, -0.15) is 0 Å². The summed E-state index contributed by atoms with van der Waals surface area (Å²) in [6, 6.07) is 15.4. The summed E-state index contributed by atoms with van der Waals surface area (Å²) in [7, 11) is 0. The van der Waals surface area contributed by atoms with Gasteiger partial charge in [0.25, 0.3) is 5.91 Å². The molecule has 3 rings (SSSR count). The van der Waals surface area contributed by atoms with E-state index in [-0.39, 0.29) is 11.7 Å². The monoisotopic (exact) mass is 312 g/mol. The van der Waals surface area contributed by atoms with Crippen LogP contribution in [0.4, 0.5) is 10.1 Å². The van der Waals surface area contributed by atoms with Crippen molar-refractivity contribution in [2.24, 2.45) is 0 Å². The molecule has 0 unspecified atom stereocenters. The lowest BCUT2D eigenvalue weighted by atomic mass is 10.1. The van der Waals surface area contributed by atoms with Gasteiger partial charge in [0, 0.05) is 11.3 Å². The summed E-state index contributed by atoms with van der Waals surface area (Å²) in [6.07, 6.45) is 0. The van der Waals surface area contributed by atoms with Crippen LogP contribution in [0, 0.1) is 12.7 Å². The molecule has 0 fully saturated rings. The van der Waals surface area contributed by atoms with Gasteiger partial charge in [-0.1, -0.05) is 36.4 Å². The highest BCUT2D eigenvalue weighted by molar-refractivity contribution is 7.14. The van der Waals surface area contributed by atoms with Crippen molar-refractivity contribution in [2.45, 2.75) is 6.92 Å². The molecule has 2 aromatic carbocycles. The molecule has 1 aromatic heterocycles. The maximum absolute atomic E-state index is 13.2. The zero-order chi connectivity index (χ0) is 15.5. The maximum atomic E-state index is 13.2. The van der Waals surface area contributed by atoms with Gasteiger partial charge >= 0.3 is 0 Å². The molecule has 0 saturated carbocycles. The Morgan fingerprint density at radius 3 is 2.64 bits per heavy atom. The summed E-state index contributed by atoms with van der Waals surface area (Å²) in [5, 5.41) is 3.52. The second kappa shape index (κ2) is 6.07. The zero-order valence-electron chi connectivity index (χ0n) is 11.8. The van der Waals surface area contributed by atoms with Crippen LogP contribution in [0.2, 0.25) is 0 Å². The third-order valence-corrected chi connectivity index (χ3v) is 4.04. The SMILES string of the molecule is Cc1nc(-c2ccccc2)c(C(=O)Nc2cccc(F)c2)s1. The number of rotatable bonds is 3. The normalized spacial score (nSPS) is 10.5. The van der Waals surface area contributed by atoms with Gasteiger partial charge in [-0.05, 0) is 25.1 Å². The van der Waals surface area contributed by atoms with E-state index in [2.05, 4.69) is 10.3 Å². The third-order valence-electron chi connectivity index (χ3n) is 3.07. The molecule has 0 saturated heterocycles. The number of aryl methyl sites for hydroxylation is 1. The first kappa shape index (κ1) is 14.4. The lowest BCUT2D eigenvalue weighted by molar-refractivity contribution is 0.103. The highest BCUT2D eigenvalue weighted by atomic mass is 32.1. The molecule has 0 aliphatic carbocycles. The van der Waals surface area contributed by atoms with Crippen LogP contribution in [-0.2, 0) is 0 Å². The number of hydrogen-bond acceptors (Lipinski definition) is 3. The van der Waals surface area contributed by atoms with Crippen LogP contribution in [0.1, 0.15) is 14.7 Å². The van der Waals surface area contributed by atoms with E-state index in [1.54, 1.807) is 12.1 Å². The first-order valence-corrected chi connectivity index (χ1v) is 7.55. The van der Waals surface area contributed by atoms with Gasteiger partial charge in [0.05, 0.1) is 10.7 Å². The molecular weight excluding hydrogens is 299 g/mol. The van der Waals surface area contributed by atoms with Crippen LogP contribution in [0.3, 0.4) is 0 Å². The Kier molecular flexibility index (Phi) is 3.98. The fourth-order valence-corrected chi connectivity index (χ4v) is 2.96. The first-order valence-electron chi connectivity index (χ1n) is 6.73. The minimum Gasteiger partial charge on any atom is -0.321 e. The van der Waals surface area contributed by atoms with Crippen LogP contribution in [0.15, 0.2) is 54.6 Å². The number of carbonyl (C=O) groups is 1. The molecular formula is C17H13FN2OS. The van der Waals surface area contributed by atoms with E-state index in [9.17, 15) is 9.18 Å². The summed E-state index contributed by atoms with van der Waals surface area (Å²) in [6.45, 7) is 1.86. The minimum absolute atomic E-state index is 0.282. The van der Waals surface area contributed by atoms with Crippen molar-refractivity contribution < 1.29 is 9.18 Å². The van der Waals surface area contributed by atoms with Crippen LogP contribution < -0.4 is 5.32 Å². The molecule has 5 heteroatoms. The molecule has 0 aliphatic heterocycles. The van der Waals surface area contributed by atoms with Gasteiger partial charge < -0.3 is 5.32 Å². The Morgan fingerprint density at radius 2 is 1.91 bits per heavy atom. The van der Waals surface area contributed by atoms with Gasteiger partial charge in [0.2, 0.25) is 0 Å². The van der Waals surface area contributed by atoms with E-state index in [1.165, 1.54) is 23.5 Å². The van der Waals surface area contributed by atoms with Gasteiger partial charge in [0.1, 0.15) is 10.7 Å². The van der Waals surface area contributed by atoms with Crippen LogP contribution in [0.5, 0.6) is 0 Å². The first-order chi connectivity index (χ1) is 10.6. The largest absolute Gasteiger partial charge is 0.321 e. The Balaban J connectivity index is 1.93. The smallest absolute Gasteiger partial charge is 0.268 e. The van der Waals surface area contributed by atoms with E-state index in [4.69, 9.17) is 0 Å². The third kappa shape index (κ3) is 3.04. The molecule has 22 heavy (non-hydrogen) atoms. The number of carbonyl (C=O) groups excluding carboxylic acids is 1. The molecule has 0 spiro atoms. The Labute approximate surface area is 131 Å². The van der Waals surface area contributed by atoms with Crippen molar-refractivity contribution in [1.82, 2.24) is 4.98 Å². The van der Waals surface area contributed by atoms with Gasteiger partial charge in [-0.3, -0.25) is 4.79 Å². The lowest BCUT2D eigenvalue weighted by Gasteiger charge is -2.05. The summed E-state index contributed by atoms with van der Waals surface area (Å²) < 4.78 is 13.2. The van der Waals surface area contributed by atoms with E-state index < -0.39 is 0 Å². The number of amides is 1. The number of nitrogens with one attached hydrogen (secondary N) is 1. The van der Waals surface area contributed by atoms with E-state index in [1.807, 2.05) is 37.3 Å². The fourth-order valence-electron chi connectivity index (χ4n) is 2.13. The predicted octanol–water partition coefficient (Wildman–Crippen LogP) is 4.51. The number of anilines is 1. The molecule has 0 bridgehead atoms. The summed E-state index contributed by atoms with van der Waals surface area (Å²) in [5.41, 5.74) is 1.96. The van der Waals surface area contributed by atoms with Crippen molar-refractivity contribution in [3.05, 3.63) is 70.3 Å². The van der Waals surface area contributed by atoms with E-state index in [0.717, 1.165) is 10.6 Å². The van der Waals surface area contributed by atoms with Crippen LogP contribution in [0.25, 0.3) is 11.3 Å². The second-order valence-electron chi connectivity index (χ2n) is 4.74. The fraction of sp³-hybridized carbons (Fsp3) is 0.0588. The van der Waals surface area contributed by atoms with Gasteiger partial charge in [-0.25, -0.2) is 9.37 Å². The molecule has 1 N–H and O–H groups in total. The number of benzene rings is 2. The van der Waals surface area contributed by atoms with Crippen LogP contribution >= 0.6 is 11.3 Å². The topological polar surface area (TPSA) is 42.0 Å². The Hall–Kier alpha value is -2.53. The van der Waals surface area contributed by atoms with Crippen molar-refractivity contribution in [2.75, 3.05) is 5.32 Å². The predicted molar refractivity (Wildman–Crippen MR) is 86.6 cm³/mol. The number of aromatic nitrogens is 1. The molecule has 1 heterocycles. The molecule has 3 aromatic rings. The standard InChI is InChI=1S/C17H13FN2OS/c1-11-19-15(12-6-3-2-4-7-12)16(22-11)17(21)20-14-9-5-8-13(18)10-14/h2-10H,1H3,(H,20,21). The quantitative estimate of drug-likeness (QED) is 0.773. The highest BCUT2D eigenvalue weighted by Gasteiger charge is 2.18. The average molecular weight is 312 g/mol. The highest BCUT2D eigenvalue weighted by Crippen LogP contribution is 2.28. The van der Waals surface area contributed by atoms with E-state index >= 15 is 0 Å². The Bertz CT molecular complexity index is 815. The molecule has 1 amide bonds. The molecule has 3 nitrogen and oxygen atoms in total. The van der Waals surface area contributed by atoms with Crippen LogP contribution in [-0.4, -0.2) is 10.9 Å². The number of nitrogens with zero attached hydrogens (tertiary/aromatic N) is 1. The van der Waals surface area contributed by atoms with Gasteiger partial charge in [0.15, 0.2) is 0 Å². The zero-order valence-corrected chi connectivity index (χ0v) is 12.7. The Morgan fingerprint density at radius 1 is 1.14 bits per heavy atom. The van der Waals surface area contributed by atoms with Crippen molar-refractivity contribution in [3.63, 3.8) is 0 Å². The van der Waals surface area contributed by atoms with E-state index in [0.29, 0.717) is 16.3 Å². The summed E-state index contributed by atoms with van der Waals surface area (Å²) in [5.74, 6) is -0.670. The number of hydrogen-bond donors (Lipinski definition) is 1. The van der Waals surface area contributed by atoms with Crippen molar-refractivity contribution >= 4 is 22.9 Å². The molecule has 0 atom stereocenters. The maximum Gasteiger partial charge on any atom is 0.268 e.